The highest BCUT2D eigenvalue weighted by Gasteiger charge is 2.33. The molecule has 20 heavy (non-hydrogen) atoms. The maximum Gasteiger partial charge on any atom is 0.316 e. The Morgan fingerprint density at radius 1 is 1.50 bits per heavy atom. The predicted molar refractivity (Wildman–Crippen MR) is 88.4 cm³/mol. The van der Waals surface area contributed by atoms with Gasteiger partial charge in [0.25, 0.3) is 0 Å². The Balaban J connectivity index is 1.80. The van der Waals surface area contributed by atoms with Crippen molar-refractivity contribution in [2.24, 2.45) is 22.7 Å². The molecule has 1 heterocycles. The van der Waals surface area contributed by atoms with Crippen LogP contribution in [0.1, 0.15) is 40.0 Å². The van der Waals surface area contributed by atoms with Crippen molar-refractivity contribution < 1.29 is 9.53 Å². The van der Waals surface area contributed by atoms with Crippen molar-refractivity contribution in [3.63, 3.8) is 0 Å². The summed E-state index contributed by atoms with van der Waals surface area (Å²) in [4.78, 5) is 16.4. The second-order valence-electron chi connectivity index (χ2n) is 6.14. The summed E-state index contributed by atoms with van der Waals surface area (Å²) in [6.45, 7) is 7.62. The first-order valence-corrected chi connectivity index (χ1v) is 9.53. The lowest BCUT2D eigenvalue weighted by Gasteiger charge is -2.36. The molecule has 1 fully saturated rings. The minimum absolute atomic E-state index is 0.0741. The van der Waals surface area contributed by atoms with Crippen LogP contribution < -0.4 is 0 Å². The Kier molecular flexibility index (Phi) is 6.27. The van der Waals surface area contributed by atoms with E-state index < -0.39 is 0 Å². The highest BCUT2D eigenvalue weighted by atomic mass is 32.2. The highest BCUT2D eigenvalue weighted by Crippen LogP contribution is 2.35. The Morgan fingerprint density at radius 3 is 2.95 bits per heavy atom. The van der Waals surface area contributed by atoms with Gasteiger partial charge in [-0.1, -0.05) is 50.7 Å². The molecule has 0 amide bonds. The van der Waals surface area contributed by atoms with Gasteiger partial charge >= 0.3 is 5.97 Å². The Bertz CT molecular complexity index is 371. The van der Waals surface area contributed by atoms with Gasteiger partial charge in [-0.05, 0) is 30.6 Å². The third-order valence-electron chi connectivity index (χ3n) is 4.12. The van der Waals surface area contributed by atoms with Crippen LogP contribution in [0.3, 0.4) is 0 Å². The van der Waals surface area contributed by atoms with Gasteiger partial charge in [-0.15, -0.1) is 0 Å². The summed E-state index contributed by atoms with van der Waals surface area (Å²) in [6.07, 6.45) is 3.59. The Morgan fingerprint density at radius 2 is 2.30 bits per heavy atom. The van der Waals surface area contributed by atoms with Gasteiger partial charge in [0.2, 0.25) is 0 Å². The van der Waals surface area contributed by atoms with Gasteiger partial charge in [-0.25, -0.2) is 0 Å². The fourth-order valence-electron chi connectivity index (χ4n) is 2.98. The molecule has 0 aromatic heterocycles. The van der Waals surface area contributed by atoms with Crippen molar-refractivity contribution in [1.82, 2.24) is 0 Å². The average molecular weight is 316 g/mol. The zero-order valence-electron chi connectivity index (χ0n) is 12.6. The number of carbonyl (C=O) groups is 1. The number of aliphatic imine (C=N–C) groups is 1. The molecule has 0 aromatic carbocycles. The van der Waals surface area contributed by atoms with E-state index in [1.165, 1.54) is 24.6 Å². The van der Waals surface area contributed by atoms with Crippen molar-refractivity contribution in [3.05, 3.63) is 0 Å². The normalized spacial score (nSPS) is 30.4. The zero-order valence-corrected chi connectivity index (χ0v) is 14.3. The quantitative estimate of drug-likeness (QED) is 0.739. The molecule has 0 spiro atoms. The van der Waals surface area contributed by atoms with Crippen LogP contribution in [0.4, 0.5) is 0 Å². The van der Waals surface area contributed by atoms with E-state index in [-0.39, 0.29) is 12.1 Å². The number of esters is 1. The number of carbonyl (C=O) groups excluding carboxylic acids is 1. The van der Waals surface area contributed by atoms with E-state index in [9.17, 15) is 4.79 Å². The van der Waals surface area contributed by atoms with Crippen LogP contribution in [0.15, 0.2) is 4.99 Å². The molecular weight excluding hydrogens is 290 g/mol. The van der Waals surface area contributed by atoms with Crippen LogP contribution in [0.5, 0.6) is 0 Å². The van der Waals surface area contributed by atoms with E-state index in [0.29, 0.717) is 23.5 Å². The first-order valence-electron chi connectivity index (χ1n) is 7.55. The second kappa shape index (κ2) is 7.74. The van der Waals surface area contributed by atoms with Crippen molar-refractivity contribution >= 4 is 33.9 Å². The van der Waals surface area contributed by atoms with Crippen molar-refractivity contribution in [2.45, 2.75) is 46.1 Å². The van der Waals surface area contributed by atoms with Gasteiger partial charge in [0.05, 0.1) is 12.3 Å². The number of thioether (sulfide) groups is 2. The predicted octanol–water partition coefficient (Wildman–Crippen LogP) is 3.83. The number of hydrogen-bond donors (Lipinski definition) is 0. The number of hydrogen-bond acceptors (Lipinski definition) is 5. The van der Waals surface area contributed by atoms with Crippen LogP contribution in [-0.2, 0) is 9.53 Å². The van der Waals surface area contributed by atoms with E-state index in [4.69, 9.17) is 4.74 Å². The van der Waals surface area contributed by atoms with Crippen molar-refractivity contribution in [3.8, 4) is 0 Å². The first-order chi connectivity index (χ1) is 9.56. The smallest absolute Gasteiger partial charge is 0.316 e. The van der Waals surface area contributed by atoms with Gasteiger partial charge < -0.3 is 4.74 Å². The van der Waals surface area contributed by atoms with E-state index in [2.05, 4.69) is 25.8 Å². The fourth-order valence-corrected chi connectivity index (χ4v) is 4.77. The number of rotatable bonds is 4. The maximum atomic E-state index is 12.0. The molecule has 0 aromatic rings. The minimum Gasteiger partial charge on any atom is -0.461 e. The van der Waals surface area contributed by atoms with E-state index in [1.54, 1.807) is 11.8 Å². The average Bonchev–Trinajstić information content (AvgIpc) is 2.89. The minimum atomic E-state index is -0.0741. The maximum absolute atomic E-state index is 12.0. The summed E-state index contributed by atoms with van der Waals surface area (Å²) in [6, 6.07) is 0. The van der Waals surface area contributed by atoms with Crippen LogP contribution in [0.2, 0.25) is 0 Å². The van der Waals surface area contributed by atoms with E-state index in [0.717, 1.165) is 23.1 Å². The van der Waals surface area contributed by atoms with Crippen molar-refractivity contribution in [1.29, 1.82) is 0 Å². The lowest BCUT2D eigenvalue weighted by molar-refractivity contribution is -0.152. The highest BCUT2D eigenvalue weighted by molar-refractivity contribution is 8.39. The summed E-state index contributed by atoms with van der Waals surface area (Å²) in [7, 11) is 0. The molecule has 5 heteroatoms. The molecule has 2 rings (SSSR count). The zero-order chi connectivity index (χ0) is 14.5. The lowest BCUT2D eigenvalue weighted by Crippen LogP contribution is -2.36. The van der Waals surface area contributed by atoms with E-state index >= 15 is 0 Å². The first kappa shape index (κ1) is 16.2. The SMILES string of the molecule is CC1CCC(C(C)C)C(OC(=O)CSC2=NCCS2)C1. The third kappa shape index (κ3) is 4.69. The molecule has 2 aliphatic rings. The third-order valence-corrected chi connectivity index (χ3v) is 6.34. The molecule has 1 saturated carbocycles. The van der Waals surface area contributed by atoms with Gasteiger partial charge in [0.15, 0.2) is 0 Å². The molecule has 0 bridgehead atoms. The number of ether oxygens (including phenoxy) is 1. The van der Waals surface area contributed by atoms with E-state index in [1.807, 2.05) is 0 Å². The molecule has 3 atom stereocenters. The summed E-state index contributed by atoms with van der Waals surface area (Å²) in [5, 5.41) is 0. The summed E-state index contributed by atoms with van der Waals surface area (Å²) < 4.78 is 6.81. The Hall–Kier alpha value is -0.160. The molecule has 3 nitrogen and oxygen atoms in total. The Labute approximate surface area is 130 Å². The van der Waals surface area contributed by atoms with Crippen LogP contribution in [-0.4, -0.2) is 34.5 Å². The molecule has 1 aliphatic heterocycles. The molecule has 0 saturated heterocycles. The second-order valence-corrected chi connectivity index (χ2v) is 8.45. The van der Waals surface area contributed by atoms with Gasteiger partial charge in [0.1, 0.15) is 10.5 Å². The number of nitrogens with zero attached hydrogens (tertiary/aromatic N) is 1. The topological polar surface area (TPSA) is 38.7 Å². The van der Waals surface area contributed by atoms with Gasteiger partial charge in [0, 0.05) is 5.75 Å². The van der Waals surface area contributed by atoms with Crippen LogP contribution in [0, 0.1) is 17.8 Å². The summed E-state index contributed by atoms with van der Waals surface area (Å²) >= 11 is 3.27. The molecule has 3 unspecified atom stereocenters. The van der Waals surface area contributed by atoms with Crippen LogP contribution in [0.25, 0.3) is 0 Å². The van der Waals surface area contributed by atoms with Crippen molar-refractivity contribution in [2.75, 3.05) is 18.1 Å². The summed E-state index contributed by atoms with van der Waals surface area (Å²) in [5.74, 6) is 3.16. The summed E-state index contributed by atoms with van der Waals surface area (Å²) in [5.41, 5.74) is 0. The molecular formula is C15H25NO2S2. The molecule has 0 radical (unpaired) electrons. The fraction of sp³-hybridized carbons (Fsp3) is 0.867. The van der Waals surface area contributed by atoms with Gasteiger partial charge in [-0.3, -0.25) is 9.79 Å². The molecule has 1 aliphatic carbocycles. The monoisotopic (exact) mass is 315 g/mol. The standard InChI is InChI=1S/C15H25NO2S2/c1-10(2)12-5-4-11(3)8-13(12)18-14(17)9-20-15-16-6-7-19-15/h10-13H,4-9H2,1-3H3. The van der Waals surface area contributed by atoms with Crippen LogP contribution >= 0.6 is 23.5 Å². The van der Waals surface area contributed by atoms with Gasteiger partial charge in [-0.2, -0.15) is 0 Å². The largest absolute Gasteiger partial charge is 0.461 e. The lowest BCUT2D eigenvalue weighted by atomic mass is 9.75. The molecule has 114 valence electrons. The molecule has 0 N–H and O–H groups in total.